The number of hydrogen-bond donors (Lipinski definition) is 0. The van der Waals surface area contributed by atoms with Crippen molar-refractivity contribution >= 4 is 0 Å². The van der Waals surface area contributed by atoms with Crippen LogP contribution in [0.15, 0.2) is 12.7 Å². The van der Waals surface area contributed by atoms with Crippen molar-refractivity contribution in [3.05, 3.63) is 18.0 Å². The Hall–Kier alpha value is -0.900. The minimum Gasteiger partial charge on any atom is -0.664 e. The number of likely N-dealkylation sites (N-methyl/N-ethyl adjacent to an activating group) is 1. The Balaban J connectivity index is 2.30. The van der Waals surface area contributed by atoms with Crippen LogP contribution in [-0.4, -0.2) is 28.4 Å². The van der Waals surface area contributed by atoms with Crippen LogP contribution in [0.2, 0.25) is 0 Å². The van der Waals surface area contributed by atoms with Gasteiger partial charge in [-0.3, -0.25) is 4.68 Å². The fraction of sp³-hybridized carbons (Fsp3) is 0.600. The Morgan fingerprint density at radius 1 is 1.67 bits per heavy atom. The molecule has 0 amide bonds. The molecule has 0 radical (unpaired) electrons. The topological polar surface area (TPSA) is 44.8 Å². The zero-order chi connectivity index (χ0) is 6.53. The Kier molecular flexibility index (Phi) is 2.21. The second kappa shape index (κ2) is 3.19. The minimum atomic E-state index is 0.809. The predicted octanol–water partition coefficient (Wildman–Crippen LogP) is 0.282. The SMILES string of the molecule is C[N-]CCn1cncn1. The van der Waals surface area contributed by atoms with Crippen LogP contribution >= 0.6 is 0 Å². The molecule has 1 aromatic rings. The largest absolute Gasteiger partial charge is 0.664 e. The zero-order valence-corrected chi connectivity index (χ0v) is 5.36. The number of aromatic nitrogens is 3. The molecular weight excluding hydrogens is 116 g/mol. The van der Waals surface area contributed by atoms with Crippen LogP contribution in [0, 0.1) is 0 Å². The zero-order valence-electron chi connectivity index (χ0n) is 5.36. The van der Waals surface area contributed by atoms with E-state index in [2.05, 4.69) is 15.4 Å². The summed E-state index contributed by atoms with van der Waals surface area (Å²) >= 11 is 0. The number of hydrogen-bond acceptors (Lipinski definition) is 2. The Morgan fingerprint density at radius 2 is 2.56 bits per heavy atom. The normalized spacial score (nSPS) is 9.89. The summed E-state index contributed by atoms with van der Waals surface area (Å²) in [5, 5.41) is 7.82. The van der Waals surface area contributed by atoms with E-state index in [4.69, 9.17) is 0 Å². The number of nitrogens with zero attached hydrogens (tertiary/aromatic N) is 4. The van der Waals surface area contributed by atoms with Gasteiger partial charge in [-0.05, 0) is 0 Å². The van der Waals surface area contributed by atoms with Gasteiger partial charge < -0.3 is 5.32 Å². The molecule has 9 heavy (non-hydrogen) atoms. The van der Waals surface area contributed by atoms with Gasteiger partial charge in [0.25, 0.3) is 0 Å². The molecule has 4 nitrogen and oxygen atoms in total. The van der Waals surface area contributed by atoms with Gasteiger partial charge in [-0.1, -0.05) is 0 Å². The highest BCUT2D eigenvalue weighted by Gasteiger charge is 1.81. The third kappa shape index (κ3) is 1.81. The molecule has 0 bridgehead atoms. The van der Waals surface area contributed by atoms with Gasteiger partial charge >= 0.3 is 0 Å². The molecular formula is C5H9N4-. The molecule has 0 unspecified atom stereocenters. The molecule has 50 valence electrons. The first kappa shape index (κ1) is 6.22. The Labute approximate surface area is 53.9 Å². The molecule has 0 saturated heterocycles. The van der Waals surface area contributed by atoms with Crippen LogP contribution in [0.4, 0.5) is 0 Å². The van der Waals surface area contributed by atoms with E-state index in [1.165, 1.54) is 6.33 Å². The van der Waals surface area contributed by atoms with Crippen LogP contribution in [0.25, 0.3) is 5.32 Å². The maximum atomic E-state index is 3.92. The van der Waals surface area contributed by atoms with Gasteiger partial charge in [0.1, 0.15) is 12.7 Å². The fourth-order valence-corrected chi connectivity index (χ4v) is 0.551. The van der Waals surface area contributed by atoms with Crippen molar-refractivity contribution < 1.29 is 0 Å². The van der Waals surface area contributed by atoms with Gasteiger partial charge in [0.05, 0.1) is 0 Å². The average Bonchev–Trinajstić information content (AvgIpc) is 2.34. The van der Waals surface area contributed by atoms with Crippen LogP contribution in [0.5, 0.6) is 0 Å². The van der Waals surface area contributed by atoms with Crippen LogP contribution in [0.3, 0.4) is 0 Å². The van der Waals surface area contributed by atoms with E-state index in [1.54, 1.807) is 18.1 Å². The lowest BCUT2D eigenvalue weighted by Gasteiger charge is -2.08. The molecule has 0 N–H and O–H groups in total. The minimum absolute atomic E-state index is 0.809. The van der Waals surface area contributed by atoms with Gasteiger partial charge in [0.2, 0.25) is 0 Å². The molecule has 1 rings (SSSR count). The lowest BCUT2D eigenvalue weighted by Crippen LogP contribution is -2.01. The third-order valence-electron chi connectivity index (χ3n) is 1.02. The first-order valence-corrected chi connectivity index (χ1v) is 2.81. The maximum absolute atomic E-state index is 3.92. The summed E-state index contributed by atoms with van der Waals surface area (Å²) in [5.41, 5.74) is 0. The molecule has 0 aliphatic heterocycles. The summed E-state index contributed by atoms with van der Waals surface area (Å²) < 4.78 is 1.76. The van der Waals surface area contributed by atoms with Crippen molar-refractivity contribution in [1.29, 1.82) is 0 Å². The fourth-order valence-electron chi connectivity index (χ4n) is 0.551. The van der Waals surface area contributed by atoms with E-state index in [0.717, 1.165) is 13.1 Å². The monoisotopic (exact) mass is 125 g/mol. The predicted molar refractivity (Wildman–Crippen MR) is 34.2 cm³/mol. The summed E-state index contributed by atoms with van der Waals surface area (Å²) in [6.45, 7) is 1.64. The van der Waals surface area contributed by atoms with Crippen molar-refractivity contribution in [2.75, 3.05) is 13.6 Å². The summed E-state index contributed by atoms with van der Waals surface area (Å²) in [7, 11) is 1.79. The van der Waals surface area contributed by atoms with Crippen molar-refractivity contribution in [2.45, 2.75) is 6.54 Å². The van der Waals surface area contributed by atoms with Crippen molar-refractivity contribution in [3.8, 4) is 0 Å². The third-order valence-corrected chi connectivity index (χ3v) is 1.02. The molecule has 0 fully saturated rings. The first-order valence-electron chi connectivity index (χ1n) is 2.81. The summed E-state index contributed by atoms with van der Waals surface area (Å²) in [4.78, 5) is 3.79. The molecule has 0 saturated carbocycles. The van der Waals surface area contributed by atoms with E-state index in [1.807, 2.05) is 0 Å². The first-order chi connectivity index (χ1) is 4.43. The van der Waals surface area contributed by atoms with E-state index >= 15 is 0 Å². The van der Waals surface area contributed by atoms with Crippen molar-refractivity contribution in [1.82, 2.24) is 14.8 Å². The van der Waals surface area contributed by atoms with E-state index < -0.39 is 0 Å². The van der Waals surface area contributed by atoms with Gasteiger partial charge in [-0.15, -0.1) is 6.54 Å². The average molecular weight is 125 g/mol. The van der Waals surface area contributed by atoms with Gasteiger partial charge in [-0.25, -0.2) is 4.98 Å². The Bertz CT molecular complexity index is 146. The molecule has 0 aliphatic carbocycles. The van der Waals surface area contributed by atoms with Crippen molar-refractivity contribution in [3.63, 3.8) is 0 Å². The maximum Gasteiger partial charge on any atom is 0.137 e. The quantitative estimate of drug-likeness (QED) is 0.582. The highest BCUT2D eigenvalue weighted by molar-refractivity contribution is 4.69. The second-order valence-corrected chi connectivity index (χ2v) is 1.70. The Morgan fingerprint density at radius 3 is 3.11 bits per heavy atom. The van der Waals surface area contributed by atoms with E-state index in [9.17, 15) is 0 Å². The van der Waals surface area contributed by atoms with Crippen LogP contribution in [-0.2, 0) is 6.54 Å². The molecule has 0 aromatic carbocycles. The van der Waals surface area contributed by atoms with Crippen molar-refractivity contribution in [2.24, 2.45) is 0 Å². The molecule has 1 heterocycles. The number of rotatable bonds is 3. The van der Waals surface area contributed by atoms with E-state index in [0.29, 0.717) is 0 Å². The van der Waals surface area contributed by atoms with Gasteiger partial charge in [0, 0.05) is 6.54 Å². The smallest absolute Gasteiger partial charge is 0.137 e. The van der Waals surface area contributed by atoms with Gasteiger partial charge in [0.15, 0.2) is 0 Å². The highest BCUT2D eigenvalue weighted by Crippen LogP contribution is 1.82. The molecule has 1 aromatic heterocycles. The lowest BCUT2D eigenvalue weighted by atomic mass is 10.6. The molecule has 4 heteroatoms. The summed E-state index contributed by atoms with van der Waals surface area (Å²) in [6, 6.07) is 0. The summed E-state index contributed by atoms with van der Waals surface area (Å²) in [5.74, 6) is 0. The molecule has 0 spiro atoms. The van der Waals surface area contributed by atoms with E-state index in [-0.39, 0.29) is 0 Å². The highest BCUT2D eigenvalue weighted by atomic mass is 15.3. The summed E-state index contributed by atoms with van der Waals surface area (Å²) in [6.07, 6.45) is 3.21. The van der Waals surface area contributed by atoms with Gasteiger partial charge in [-0.2, -0.15) is 12.1 Å². The standard InChI is InChI=1S/C5H9N4/c1-6-2-3-9-5-7-4-8-9/h4-5H,2-3H2,1H3/q-1. The molecule has 0 atom stereocenters. The molecule has 0 aliphatic rings. The van der Waals surface area contributed by atoms with Crippen LogP contribution < -0.4 is 0 Å². The lowest BCUT2D eigenvalue weighted by molar-refractivity contribution is 0.641. The van der Waals surface area contributed by atoms with Crippen LogP contribution in [0.1, 0.15) is 0 Å². The second-order valence-electron chi connectivity index (χ2n) is 1.70.